The van der Waals surface area contributed by atoms with Gasteiger partial charge in [0.15, 0.2) is 6.29 Å². The number of rotatable bonds is 6. The number of hydrogen-bond acceptors (Lipinski definition) is 2. The van der Waals surface area contributed by atoms with Crippen molar-refractivity contribution >= 4 is 0 Å². The smallest absolute Gasteiger partial charge is 0.184 e. The van der Waals surface area contributed by atoms with E-state index in [0.29, 0.717) is 11.8 Å². The second kappa shape index (κ2) is 5.50. The van der Waals surface area contributed by atoms with Crippen LogP contribution in [0.25, 0.3) is 0 Å². The van der Waals surface area contributed by atoms with Crippen molar-refractivity contribution in [1.82, 2.24) is 0 Å². The molecule has 1 fully saturated rings. The van der Waals surface area contributed by atoms with Crippen LogP contribution in [0.5, 0.6) is 0 Å². The van der Waals surface area contributed by atoms with E-state index in [1.807, 2.05) is 0 Å². The molecule has 1 heterocycles. The zero-order valence-electron chi connectivity index (χ0n) is 13.5. The van der Waals surface area contributed by atoms with Crippen LogP contribution in [0.3, 0.4) is 0 Å². The first kappa shape index (κ1) is 16.0. The molecule has 4 unspecified atom stereocenters. The highest BCUT2D eigenvalue weighted by atomic mass is 16.8. The van der Waals surface area contributed by atoms with Gasteiger partial charge in [0.25, 0.3) is 0 Å². The van der Waals surface area contributed by atoms with Crippen LogP contribution in [-0.2, 0) is 9.47 Å². The third-order valence-electron chi connectivity index (χ3n) is 5.09. The zero-order valence-corrected chi connectivity index (χ0v) is 13.5. The van der Waals surface area contributed by atoms with Gasteiger partial charge in [0.1, 0.15) is 6.10 Å². The quantitative estimate of drug-likeness (QED) is 0.653. The minimum absolute atomic E-state index is 0.0235. The highest BCUT2D eigenvalue weighted by Gasteiger charge is 2.60. The summed E-state index contributed by atoms with van der Waals surface area (Å²) in [5.41, 5.74) is 0.366. The molecule has 0 radical (unpaired) electrons. The van der Waals surface area contributed by atoms with Gasteiger partial charge in [-0.05, 0) is 23.7 Å². The van der Waals surface area contributed by atoms with Crippen LogP contribution < -0.4 is 0 Å². The molecule has 0 bridgehead atoms. The summed E-state index contributed by atoms with van der Waals surface area (Å²) in [6.45, 7) is 19.2. The monoisotopic (exact) mass is 256 g/mol. The van der Waals surface area contributed by atoms with E-state index in [9.17, 15) is 0 Å². The first-order chi connectivity index (χ1) is 8.16. The molecule has 1 saturated heterocycles. The Kier molecular flexibility index (Phi) is 4.88. The predicted molar refractivity (Wildman–Crippen MR) is 76.5 cm³/mol. The molecule has 18 heavy (non-hydrogen) atoms. The summed E-state index contributed by atoms with van der Waals surface area (Å²) in [7, 11) is 0. The van der Waals surface area contributed by atoms with Crippen molar-refractivity contribution in [2.45, 2.75) is 74.2 Å². The first-order valence-electron chi connectivity index (χ1n) is 7.43. The van der Waals surface area contributed by atoms with E-state index in [0.717, 1.165) is 13.0 Å². The average Bonchev–Trinajstić information content (AvgIpc) is 3.02. The van der Waals surface area contributed by atoms with Gasteiger partial charge < -0.3 is 9.47 Å². The Balaban J connectivity index is 2.82. The highest BCUT2D eigenvalue weighted by molar-refractivity contribution is 5.03. The summed E-state index contributed by atoms with van der Waals surface area (Å²) in [4.78, 5) is 0. The summed E-state index contributed by atoms with van der Waals surface area (Å²) in [5, 5.41) is 0. The van der Waals surface area contributed by atoms with E-state index in [4.69, 9.17) is 9.47 Å². The van der Waals surface area contributed by atoms with Crippen LogP contribution in [0.2, 0.25) is 0 Å². The Hall–Kier alpha value is -0.0800. The minimum atomic E-state index is 0.0235. The molecule has 0 amide bonds. The molecule has 0 aromatic carbocycles. The van der Waals surface area contributed by atoms with E-state index in [1.165, 1.54) is 0 Å². The summed E-state index contributed by atoms with van der Waals surface area (Å²) >= 11 is 0. The van der Waals surface area contributed by atoms with Crippen LogP contribution in [0, 0.1) is 22.7 Å². The predicted octanol–water partition coefficient (Wildman–Crippen LogP) is 4.48. The number of ether oxygens (including phenoxy) is 2. The van der Waals surface area contributed by atoms with Gasteiger partial charge in [0.05, 0.1) is 0 Å². The van der Waals surface area contributed by atoms with Gasteiger partial charge in [-0.15, -0.1) is 0 Å². The lowest BCUT2D eigenvalue weighted by Crippen LogP contribution is -2.46. The maximum Gasteiger partial charge on any atom is 0.184 e. The molecule has 4 atom stereocenters. The SMILES string of the molecule is CCCOC1OC1C(C)(C(C)C(C)C)C(C)(C)C. The van der Waals surface area contributed by atoms with Crippen molar-refractivity contribution in [3.05, 3.63) is 0 Å². The lowest BCUT2D eigenvalue weighted by Gasteiger charge is -2.47. The van der Waals surface area contributed by atoms with Gasteiger partial charge in [0.2, 0.25) is 0 Å². The normalized spacial score (nSPS) is 29.2. The fourth-order valence-electron chi connectivity index (χ4n) is 2.95. The summed E-state index contributed by atoms with van der Waals surface area (Å²) < 4.78 is 11.6. The average molecular weight is 256 g/mol. The van der Waals surface area contributed by atoms with E-state index in [-0.39, 0.29) is 23.2 Å². The van der Waals surface area contributed by atoms with Crippen LogP contribution in [-0.4, -0.2) is 19.0 Å². The summed E-state index contributed by atoms with van der Waals surface area (Å²) in [6.07, 6.45) is 1.33. The molecule has 2 heteroatoms. The van der Waals surface area contributed by atoms with E-state index in [1.54, 1.807) is 0 Å². The molecule has 0 aromatic heterocycles. The number of hydrogen-bond donors (Lipinski definition) is 0. The van der Waals surface area contributed by atoms with Crippen LogP contribution in [0.15, 0.2) is 0 Å². The Morgan fingerprint density at radius 2 is 1.67 bits per heavy atom. The van der Waals surface area contributed by atoms with Gasteiger partial charge in [-0.2, -0.15) is 0 Å². The third-order valence-corrected chi connectivity index (χ3v) is 5.09. The Labute approximate surface area is 113 Å². The molecule has 2 nitrogen and oxygen atoms in total. The molecular formula is C16H32O2. The molecule has 0 aliphatic carbocycles. The minimum Gasteiger partial charge on any atom is -0.350 e. The molecule has 0 N–H and O–H groups in total. The molecule has 0 spiro atoms. The van der Waals surface area contributed by atoms with E-state index in [2.05, 4.69) is 55.4 Å². The summed E-state index contributed by atoms with van der Waals surface area (Å²) in [6, 6.07) is 0. The number of epoxide rings is 1. The van der Waals surface area contributed by atoms with Crippen molar-refractivity contribution in [2.75, 3.05) is 6.61 Å². The first-order valence-corrected chi connectivity index (χ1v) is 7.43. The Morgan fingerprint density at radius 3 is 2.06 bits per heavy atom. The standard InChI is InChI=1S/C16H32O2/c1-9-10-17-14-13(18-14)16(8,15(5,6)7)12(4)11(2)3/h11-14H,9-10H2,1-8H3. The molecule has 1 aliphatic heterocycles. The fraction of sp³-hybridized carbons (Fsp3) is 1.00. The maximum atomic E-state index is 5.86. The molecule has 108 valence electrons. The van der Waals surface area contributed by atoms with Crippen molar-refractivity contribution in [3.8, 4) is 0 Å². The van der Waals surface area contributed by atoms with Gasteiger partial charge in [0, 0.05) is 12.0 Å². The van der Waals surface area contributed by atoms with Gasteiger partial charge in [-0.25, -0.2) is 0 Å². The zero-order chi connectivity index (χ0) is 14.1. The Morgan fingerprint density at radius 1 is 1.11 bits per heavy atom. The molecular weight excluding hydrogens is 224 g/mol. The van der Waals surface area contributed by atoms with Crippen LogP contribution >= 0.6 is 0 Å². The molecule has 1 aliphatic rings. The van der Waals surface area contributed by atoms with Gasteiger partial charge in [-0.1, -0.05) is 55.4 Å². The lowest BCUT2D eigenvalue weighted by molar-refractivity contribution is -0.0101. The van der Waals surface area contributed by atoms with Crippen molar-refractivity contribution in [3.63, 3.8) is 0 Å². The summed E-state index contributed by atoms with van der Waals surface area (Å²) in [5.74, 6) is 1.27. The fourth-order valence-corrected chi connectivity index (χ4v) is 2.95. The van der Waals surface area contributed by atoms with E-state index < -0.39 is 0 Å². The molecule has 0 aromatic rings. The second-order valence-corrected chi connectivity index (χ2v) is 7.36. The van der Waals surface area contributed by atoms with Crippen molar-refractivity contribution in [2.24, 2.45) is 22.7 Å². The largest absolute Gasteiger partial charge is 0.350 e. The highest BCUT2D eigenvalue weighted by Crippen LogP contribution is 2.56. The Bertz CT molecular complexity index is 267. The third kappa shape index (κ3) is 2.91. The topological polar surface area (TPSA) is 21.8 Å². The molecule has 1 rings (SSSR count). The van der Waals surface area contributed by atoms with Gasteiger partial charge in [-0.3, -0.25) is 0 Å². The van der Waals surface area contributed by atoms with E-state index >= 15 is 0 Å². The lowest BCUT2D eigenvalue weighted by atomic mass is 9.57. The second-order valence-electron chi connectivity index (χ2n) is 7.36. The van der Waals surface area contributed by atoms with Crippen LogP contribution in [0.1, 0.15) is 61.8 Å². The molecule has 0 saturated carbocycles. The van der Waals surface area contributed by atoms with Gasteiger partial charge >= 0.3 is 0 Å². The van der Waals surface area contributed by atoms with Crippen molar-refractivity contribution < 1.29 is 9.47 Å². The van der Waals surface area contributed by atoms with Crippen LogP contribution in [0.4, 0.5) is 0 Å². The maximum absolute atomic E-state index is 5.86. The van der Waals surface area contributed by atoms with Crippen molar-refractivity contribution in [1.29, 1.82) is 0 Å².